The maximum absolute atomic E-state index is 12.7. The largest absolute Gasteiger partial charge is 0.469 e. The average Bonchev–Trinajstić information content (AvgIpc) is 2.99. The van der Waals surface area contributed by atoms with E-state index in [9.17, 15) is 14.4 Å². The van der Waals surface area contributed by atoms with Crippen LogP contribution < -0.4 is 4.80 Å². The van der Waals surface area contributed by atoms with Gasteiger partial charge in [-0.15, -0.1) is 0 Å². The number of ether oxygens (including phenoxy) is 1. The lowest BCUT2D eigenvalue weighted by molar-refractivity contribution is -0.140. The molecule has 0 radical (unpaired) electrons. The topological polar surface area (TPSA) is 105 Å². The Morgan fingerprint density at radius 2 is 1.93 bits per heavy atom. The smallest absolute Gasteiger partial charge is 0.307 e. The summed E-state index contributed by atoms with van der Waals surface area (Å²) in [6, 6.07) is 8.17. The summed E-state index contributed by atoms with van der Waals surface area (Å²) >= 11 is 1.11. The molecule has 0 saturated heterocycles. The Balaban J connectivity index is 2.27. The summed E-state index contributed by atoms with van der Waals surface area (Å²) in [6.07, 6.45) is 0.101. The van der Waals surface area contributed by atoms with Crippen molar-refractivity contribution in [3.8, 4) is 6.07 Å². The van der Waals surface area contributed by atoms with Crippen LogP contribution in [-0.2, 0) is 16.6 Å². The number of thiazole rings is 1. The van der Waals surface area contributed by atoms with Crippen LogP contribution in [0.3, 0.4) is 0 Å². The van der Waals surface area contributed by atoms with Crippen LogP contribution in [0.1, 0.15) is 37.7 Å². The standard InChI is InChI=1S/C19H20N4O4S/c1-12-16(18(26)22(2)10-9-15(24)27-4)28-19(23(12)3)21-17(25)14-7-5-13(11-20)6-8-14/h5-8H,9-10H2,1-4H3. The van der Waals surface area contributed by atoms with E-state index in [0.717, 1.165) is 11.3 Å². The fourth-order valence-corrected chi connectivity index (χ4v) is 3.41. The molecule has 1 heterocycles. The Bertz CT molecular complexity index is 1010. The van der Waals surface area contributed by atoms with Crippen LogP contribution in [0.5, 0.6) is 0 Å². The summed E-state index contributed by atoms with van der Waals surface area (Å²) in [5, 5.41) is 8.83. The minimum Gasteiger partial charge on any atom is -0.469 e. The molecule has 8 nitrogen and oxygen atoms in total. The molecule has 0 bridgehead atoms. The van der Waals surface area contributed by atoms with Crippen molar-refractivity contribution in [1.82, 2.24) is 9.47 Å². The molecule has 1 aromatic heterocycles. The fourth-order valence-electron chi connectivity index (χ4n) is 2.30. The average molecular weight is 400 g/mol. The molecule has 1 aromatic carbocycles. The quantitative estimate of drug-likeness (QED) is 0.710. The van der Waals surface area contributed by atoms with Crippen LogP contribution in [0.25, 0.3) is 0 Å². The number of methoxy groups -OCH3 is 1. The molecule has 146 valence electrons. The zero-order chi connectivity index (χ0) is 20.8. The van der Waals surface area contributed by atoms with Gasteiger partial charge < -0.3 is 14.2 Å². The van der Waals surface area contributed by atoms with E-state index in [0.29, 0.717) is 26.5 Å². The number of hydrogen-bond acceptors (Lipinski definition) is 6. The number of esters is 1. The second-order valence-electron chi connectivity index (χ2n) is 6.02. The molecular formula is C19H20N4O4S. The summed E-state index contributed by atoms with van der Waals surface area (Å²) in [7, 11) is 4.62. The van der Waals surface area contributed by atoms with Crippen molar-refractivity contribution >= 4 is 29.1 Å². The van der Waals surface area contributed by atoms with E-state index >= 15 is 0 Å². The van der Waals surface area contributed by atoms with Crippen LogP contribution in [0, 0.1) is 18.3 Å². The second-order valence-corrected chi connectivity index (χ2v) is 6.99. The number of nitrogens with zero attached hydrogens (tertiary/aromatic N) is 4. The lowest BCUT2D eigenvalue weighted by atomic mass is 10.1. The minimum absolute atomic E-state index is 0.101. The first-order valence-electron chi connectivity index (χ1n) is 8.36. The number of hydrogen-bond donors (Lipinski definition) is 0. The van der Waals surface area contributed by atoms with E-state index in [-0.39, 0.29) is 18.9 Å². The summed E-state index contributed by atoms with van der Waals surface area (Å²) in [5.41, 5.74) is 1.48. The lowest BCUT2D eigenvalue weighted by Crippen LogP contribution is -2.29. The van der Waals surface area contributed by atoms with Gasteiger partial charge in [0.2, 0.25) is 0 Å². The van der Waals surface area contributed by atoms with E-state index in [1.807, 2.05) is 6.07 Å². The molecule has 0 saturated carbocycles. The van der Waals surface area contributed by atoms with Gasteiger partial charge in [0.05, 0.1) is 25.2 Å². The number of carbonyl (C=O) groups excluding carboxylic acids is 3. The highest BCUT2D eigenvalue weighted by atomic mass is 32.1. The van der Waals surface area contributed by atoms with E-state index < -0.39 is 11.9 Å². The van der Waals surface area contributed by atoms with Gasteiger partial charge in [0.25, 0.3) is 11.8 Å². The van der Waals surface area contributed by atoms with Crippen molar-refractivity contribution < 1.29 is 19.1 Å². The highest BCUT2D eigenvalue weighted by molar-refractivity contribution is 7.11. The van der Waals surface area contributed by atoms with Crippen LogP contribution in [0.2, 0.25) is 0 Å². The highest BCUT2D eigenvalue weighted by Crippen LogP contribution is 2.14. The lowest BCUT2D eigenvalue weighted by Gasteiger charge is -2.15. The molecule has 0 aliphatic rings. The van der Waals surface area contributed by atoms with Crippen LogP contribution >= 0.6 is 11.3 Å². The molecule has 0 fully saturated rings. The van der Waals surface area contributed by atoms with Gasteiger partial charge >= 0.3 is 5.97 Å². The molecule has 0 atom stereocenters. The van der Waals surface area contributed by atoms with Gasteiger partial charge in [-0.1, -0.05) is 11.3 Å². The number of aromatic nitrogens is 1. The number of carbonyl (C=O) groups is 3. The third-order valence-electron chi connectivity index (χ3n) is 4.19. The summed E-state index contributed by atoms with van der Waals surface area (Å²) in [6.45, 7) is 1.99. The number of rotatable bonds is 5. The normalized spacial score (nSPS) is 11.0. The van der Waals surface area contributed by atoms with E-state index in [1.54, 1.807) is 37.7 Å². The van der Waals surface area contributed by atoms with Gasteiger partial charge in [0.1, 0.15) is 4.88 Å². The Labute approximate surface area is 166 Å². The molecule has 9 heteroatoms. The van der Waals surface area contributed by atoms with Crippen molar-refractivity contribution in [2.24, 2.45) is 12.0 Å². The van der Waals surface area contributed by atoms with Crippen molar-refractivity contribution in [3.63, 3.8) is 0 Å². The number of nitriles is 1. The molecule has 2 amide bonds. The molecule has 0 N–H and O–H groups in total. The third kappa shape index (κ3) is 4.72. The van der Waals surface area contributed by atoms with Crippen molar-refractivity contribution in [1.29, 1.82) is 5.26 Å². The number of amides is 2. The Morgan fingerprint density at radius 3 is 2.50 bits per heavy atom. The minimum atomic E-state index is -0.459. The zero-order valence-electron chi connectivity index (χ0n) is 16.1. The second kappa shape index (κ2) is 9.10. The molecule has 0 unspecified atom stereocenters. The zero-order valence-corrected chi connectivity index (χ0v) is 16.9. The maximum atomic E-state index is 12.7. The molecule has 0 spiro atoms. The van der Waals surface area contributed by atoms with Gasteiger partial charge in [-0.25, -0.2) is 0 Å². The fraction of sp³-hybridized carbons (Fsp3) is 0.316. The summed E-state index contributed by atoms with van der Waals surface area (Å²) in [4.78, 5) is 42.7. The van der Waals surface area contributed by atoms with E-state index in [2.05, 4.69) is 9.73 Å². The summed E-state index contributed by atoms with van der Waals surface area (Å²) < 4.78 is 6.26. The van der Waals surface area contributed by atoms with Crippen molar-refractivity contribution in [2.75, 3.05) is 20.7 Å². The summed E-state index contributed by atoms with van der Waals surface area (Å²) in [5.74, 6) is -1.11. The molecule has 2 aromatic rings. The van der Waals surface area contributed by atoms with Gasteiger partial charge in [-0.3, -0.25) is 14.4 Å². The first-order chi connectivity index (χ1) is 13.3. The predicted octanol–water partition coefficient (Wildman–Crippen LogP) is 1.64. The number of benzene rings is 1. The van der Waals surface area contributed by atoms with Crippen LogP contribution in [0.15, 0.2) is 29.3 Å². The van der Waals surface area contributed by atoms with Crippen molar-refractivity contribution in [2.45, 2.75) is 13.3 Å². The Kier molecular flexibility index (Phi) is 6.84. The van der Waals surface area contributed by atoms with Gasteiger partial charge in [-0.2, -0.15) is 10.3 Å². The van der Waals surface area contributed by atoms with Gasteiger partial charge in [-0.05, 0) is 31.2 Å². The van der Waals surface area contributed by atoms with E-state index in [4.69, 9.17) is 5.26 Å². The molecule has 0 aliphatic carbocycles. The molecule has 28 heavy (non-hydrogen) atoms. The van der Waals surface area contributed by atoms with Gasteiger partial charge in [0, 0.05) is 31.9 Å². The van der Waals surface area contributed by atoms with Gasteiger partial charge in [0.15, 0.2) is 4.80 Å². The van der Waals surface area contributed by atoms with E-state index in [1.165, 1.54) is 24.1 Å². The Morgan fingerprint density at radius 1 is 1.29 bits per heavy atom. The third-order valence-corrected chi connectivity index (χ3v) is 5.41. The first kappa shape index (κ1) is 21.1. The first-order valence-corrected chi connectivity index (χ1v) is 9.18. The highest BCUT2D eigenvalue weighted by Gasteiger charge is 2.20. The van der Waals surface area contributed by atoms with Crippen LogP contribution in [-0.4, -0.2) is 48.0 Å². The molecular weight excluding hydrogens is 380 g/mol. The maximum Gasteiger partial charge on any atom is 0.307 e. The molecule has 2 rings (SSSR count). The SMILES string of the molecule is COC(=O)CCN(C)C(=O)c1sc(=NC(=O)c2ccc(C#N)cc2)n(C)c1C. The monoisotopic (exact) mass is 400 g/mol. The Hall–Kier alpha value is -3.25. The molecule has 0 aliphatic heterocycles. The van der Waals surface area contributed by atoms with Crippen molar-refractivity contribution in [3.05, 3.63) is 50.8 Å². The van der Waals surface area contributed by atoms with Crippen LogP contribution in [0.4, 0.5) is 0 Å². The predicted molar refractivity (Wildman–Crippen MR) is 103 cm³/mol.